The molecule has 1 aliphatic carbocycles. The summed E-state index contributed by atoms with van der Waals surface area (Å²) in [6, 6.07) is 0.780. The quantitative estimate of drug-likeness (QED) is 0.674. The van der Waals surface area contributed by atoms with E-state index in [-0.39, 0.29) is 0 Å². The van der Waals surface area contributed by atoms with Crippen molar-refractivity contribution in [3.05, 3.63) is 11.6 Å². The van der Waals surface area contributed by atoms with Gasteiger partial charge in [-0.3, -0.25) is 0 Å². The third kappa shape index (κ3) is 3.26. The first-order valence-corrected chi connectivity index (χ1v) is 4.80. The predicted octanol–water partition coefficient (Wildman–Crippen LogP) is 2.52. The highest BCUT2D eigenvalue weighted by atomic mass is 35.5. The molecule has 0 aromatic heterocycles. The Hall–Kier alpha value is -0.0100. The third-order valence-electron chi connectivity index (χ3n) is 2.17. The minimum atomic E-state index is 0.780. The molecule has 0 heterocycles. The molecule has 0 saturated heterocycles. The summed E-state index contributed by atoms with van der Waals surface area (Å²) in [4.78, 5) is 0. The van der Waals surface area contributed by atoms with Crippen LogP contribution in [-0.4, -0.2) is 12.6 Å². The number of nitrogens with one attached hydrogen (secondary N) is 1. The molecule has 1 fully saturated rings. The lowest BCUT2D eigenvalue weighted by Gasteiger charge is -1.97. The molecule has 1 rings (SSSR count). The third-order valence-corrected chi connectivity index (χ3v) is 2.35. The van der Waals surface area contributed by atoms with Crippen LogP contribution in [-0.2, 0) is 0 Å². The molecule has 1 saturated carbocycles. The van der Waals surface area contributed by atoms with E-state index in [0.717, 1.165) is 18.5 Å². The molecular formula is C9H16ClN. The van der Waals surface area contributed by atoms with Crippen molar-refractivity contribution in [3.63, 3.8) is 0 Å². The molecule has 2 unspecified atom stereocenters. The summed E-state index contributed by atoms with van der Waals surface area (Å²) < 4.78 is 0. The average molecular weight is 174 g/mol. The van der Waals surface area contributed by atoms with E-state index in [2.05, 4.69) is 12.2 Å². The second kappa shape index (κ2) is 4.78. The monoisotopic (exact) mass is 173 g/mol. The molecule has 11 heavy (non-hydrogen) atoms. The van der Waals surface area contributed by atoms with Crippen LogP contribution in [0.3, 0.4) is 0 Å². The van der Waals surface area contributed by atoms with Crippen LogP contribution < -0.4 is 5.32 Å². The molecule has 0 bridgehead atoms. The van der Waals surface area contributed by atoms with Gasteiger partial charge >= 0.3 is 0 Å². The maximum atomic E-state index is 5.38. The lowest BCUT2D eigenvalue weighted by atomic mass is 10.2. The van der Waals surface area contributed by atoms with Gasteiger partial charge in [0, 0.05) is 18.1 Å². The first-order chi connectivity index (χ1) is 5.38. The van der Waals surface area contributed by atoms with Crippen molar-refractivity contribution in [2.45, 2.75) is 32.2 Å². The summed E-state index contributed by atoms with van der Waals surface area (Å²) in [6.45, 7) is 3.17. The minimum absolute atomic E-state index is 0.780. The van der Waals surface area contributed by atoms with Crippen LogP contribution in [0.1, 0.15) is 26.2 Å². The topological polar surface area (TPSA) is 12.0 Å². The SMILES string of the molecule is CCCC1CC1NC/C=C/Cl. The summed E-state index contributed by atoms with van der Waals surface area (Å²) in [7, 11) is 0. The molecule has 1 nitrogen and oxygen atoms in total. The molecule has 64 valence electrons. The minimum Gasteiger partial charge on any atom is -0.310 e. The zero-order valence-electron chi connectivity index (χ0n) is 7.02. The highest BCUT2D eigenvalue weighted by Gasteiger charge is 2.34. The molecule has 0 amide bonds. The molecule has 2 atom stereocenters. The van der Waals surface area contributed by atoms with Crippen molar-refractivity contribution in [1.29, 1.82) is 0 Å². The maximum absolute atomic E-state index is 5.38. The smallest absolute Gasteiger partial charge is 0.0149 e. The van der Waals surface area contributed by atoms with Crippen molar-refractivity contribution in [1.82, 2.24) is 5.32 Å². The van der Waals surface area contributed by atoms with Gasteiger partial charge in [0.05, 0.1) is 0 Å². The van der Waals surface area contributed by atoms with Gasteiger partial charge in [0.1, 0.15) is 0 Å². The molecule has 0 aliphatic heterocycles. The van der Waals surface area contributed by atoms with Crippen LogP contribution in [0.25, 0.3) is 0 Å². The molecule has 1 aliphatic rings. The fraction of sp³-hybridized carbons (Fsp3) is 0.778. The molecule has 1 N–H and O–H groups in total. The normalized spacial score (nSPS) is 29.6. The van der Waals surface area contributed by atoms with Gasteiger partial charge in [-0.15, -0.1) is 0 Å². The van der Waals surface area contributed by atoms with E-state index in [4.69, 9.17) is 11.6 Å². The highest BCUT2D eigenvalue weighted by Crippen LogP contribution is 2.34. The fourth-order valence-electron chi connectivity index (χ4n) is 1.45. The summed E-state index contributed by atoms with van der Waals surface area (Å²) in [5, 5.41) is 3.42. The first kappa shape index (κ1) is 9.08. The molecule has 0 spiro atoms. The van der Waals surface area contributed by atoms with Crippen LogP contribution in [0.5, 0.6) is 0 Å². The maximum Gasteiger partial charge on any atom is 0.0149 e. The number of rotatable bonds is 5. The van der Waals surface area contributed by atoms with Gasteiger partial charge in [-0.05, 0) is 18.8 Å². The molecule has 2 heteroatoms. The Morgan fingerprint density at radius 1 is 1.64 bits per heavy atom. The zero-order valence-corrected chi connectivity index (χ0v) is 7.77. The van der Waals surface area contributed by atoms with E-state index in [1.807, 2.05) is 6.08 Å². The number of hydrogen-bond acceptors (Lipinski definition) is 1. The fourth-order valence-corrected chi connectivity index (χ4v) is 1.54. The van der Waals surface area contributed by atoms with Crippen LogP contribution in [0.4, 0.5) is 0 Å². The summed E-state index contributed by atoms with van der Waals surface area (Å²) in [5.74, 6) is 0.948. The second-order valence-corrected chi connectivity index (χ2v) is 3.41. The van der Waals surface area contributed by atoms with Crippen molar-refractivity contribution < 1.29 is 0 Å². The molecular weight excluding hydrogens is 158 g/mol. The number of halogens is 1. The van der Waals surface area contributed by atoms with Crippen LogP contribution in [0, 0.1) is 5.92 Å². The van der Waals surface area contributed by atoms with E-state index >= 15 is 0 Å². The number of hydrogen-bond donors (Lipinski definition) is 1. The first-order valence-electron chi connectivity index (χ1n) is 4.37. The van der Waals surface area contributed by atoms with Gasteiger partial charge in [-0.2, -0.15) is 0 Å². The van der Waals surface area contributed by atoms with Crippen molar-refractivity contribution >= 4 is 11.6 Å². The zero-order chi connectivity index (χ0) is 8.10. The molecule has 0 radical (unpaired) electrons. The highest BCUT2D eigenvalue weighted by molar-refractivity contribution is 6.25. The van der Waals surface area contributed by atoms with Crippen molar-refractivity contribution in [2.24, 2.45) is 5.92 Å². The van der Waals surface area contributed by atoms with Crippen LogP contribution in [0.2, 0.25) is 0 Å². The largest absolute Gasteiger partial charge is 0.310 e. The summed E-state index contributed by atoms with van der Waals surface area (Å²) >= 11 is 5.38. The second-order valence-electron chi connectivity index (χ2n) is 3.16. The van der Waals surface area contributed by atoms with Gasteiger partial charge in [0.25, 0.3) is 0 Å². The van der Waals surface area contributed by atoms with Crippen LogP contribution in [0.15, 0.2) is 11.6 Å². The van der Waals surface area contributed by atoms with Gasteiger partial charge in [0.2, 0.25) is 0 Å². The Balaban J connectivity index is 1.95. The summed E-state index contributed by atoms with van der Waals surface area (Å²) in [5.41, 5.74) is 1.57. The van der Waals surface area contributed by atoms with Gasteiger partial charge in [0.15, 0.2) is 0 Å². The Kier molecular flexibility index (Phi) is 3.95. The summed E-state index contributed by atoms with van der Waals surface area (Å²) in [6.07, 6.45) is 6.00. The van der Waals surface area contributed by atoms with E-state index in [1.54, 1.807) is 5.54 Å². The molecule has 0 aromatic rings. The van der Waals surface area contributed by atoms with Crippen molar-refractivity contribution in [3.8, 4) is 0 Å². The van der Waals surface area contributed by atoms with E-state index in [9.17, 15) is 0 Å². The van der Waals surface area contributed by atoms with E-state index in [1.165, 1.54) is 19.3 Å². The Morgan fingerprint density at radius 3 is 3.09 bits per heavy atom. The van der Waals surface area contributed by atoms with E-state index < -0.39 is 0 Å². The lowest BCUT2D eigenvalue weighted by Crippen LogP contribution is -2.17. The Morgan fingerprint density at radius 2 is 2.45 bits per heavy atom. The van der Waals surface area contributed by atoms with Gasteiger partial charge in [-0.25, -0.2) is 0 Å². The van der Waals surface area contributed by atoms with Crippen LogP contribution >= 0.6 is 11.6 Å². The van der Waals surface area contributed by atoms with Gasteiger partial charge in [-0.1, -0.05) is 31.0 Å². The lowest BCUT2D eigenvalue weighted by molar-refractivity contribution is 0.625. The Labute approximate surface area is 73.8 Å². The Bertz CT molecular complexity index is 134. The van der Waals surface area contributed by atoms with E-state index in [0.29, 0.717) is 0 Å². The standard InChI is InChI=1S/C9H16ClN/c1-2-4-8-7-9(8)11-6-3-5-10/h3,5,8-9,11H,2,4,6-7H2,1H3/b5-3+. The van der Waals surface area contributed by atoms with Gasteiger partial charge < -0.3 is 5.32 Å². The average Bonchev–Trinajstić information content (AvgIpc) is 2.70. The molecule has 0 aromatic carbocycles. The van der Waals surface area contributed by atoms with Crippen molar-refractivity contribution in [2.75, 3.05) is 6.54 Å². The predicted molar refractivity (Wildman–Crippen MR) is 49.8 cm³/mol.